The summed E-state index contributed by atoms with van der Waals surface area (Å²) in [7, 11) is 1.56. The summed E-state index contributed by atoms with van der Waals surface area (Å²) in [5, 5.41) is 23.9. The van der Waals surface area contributed by atoms with Crippen LogP contribution >= 0.6 is 12.2 Å². The predicted octanol–water partition coefficient (Wildman–Crippen LogP) is 1.67. The van der Waals surface area contributed by atoms with E-state index in [2.05, 4.69) is 5.32 Å². The molecule has 0 radical (unpaired) electrons. The molecule has 9 nitrogen and oxygen atoms in total. The van der Waals surface area contributed by atoms with E-state index in [0.717, 1.165) is 0 Å². The summed E-state index contributed by atoms with van der Waals surface area (Å²) in [6, 6.07) is 17.4. The minimum atomic E-state index is -2.23. The number of fused-ring (bicyclic) bond motifs is 5. The highest BCUT2D eigenvalue weighted by Gasteiger charge is 2.84. The van der Waals surface area contributed by atoms with Gasteiger partial charge in [-0.15, -0.1) is 0 Å². The van der Waals surface area contributed by atoms with Gasteiger partial charge in [0.2, 0.25) is 11.3 Å². The normalized spacial score (nSPS) is 25.3. The zero-order valence-corrected chi connectivity index (χ0v) is 19.7. The first-order chi connectivity index (χ1) is 16.8. The Morgan fingerprint density at radius 3 is 2.26 bits per heavy atom. The number of ether oxygens (including phenoxy) is 1. The molecular weight excluding hydrogens is 466 g/mol. The Labute approximate surface area is 206 Å². The van der Waals surface area contributed by atoms with Gasteiger partial charge in [0, 0.05) is 24.0 Å². The lowest BCUT2D eigenvalue weighted by molar-refractivity contribution is -0.143. The van der Waals surface area contributed by atoms with Gasteiger partial charge < -0.3 is 15.0 Å². The molecule has 3 aliphatic heterocycles. The van der Waals surface area contributed by atoms with Crippen molar-refractivity contribution in [2.75, 3.05) is 30.0 Å². The van der Waals surface area contributed by atoms with Crippen LogP contribution in [-0.4, -0.2) is 43.0 Å². The molecule has 2 spiro atoms. The molecule has 0 unspecified atom stereocenters. The average Bonchev–Trinajstić information content (AvgIpc) is 3.35. The first-order valence-corrected chi connectivity index (χ1v) is 11.3. The zero-order valence-electron chi connectivity index (χ0n) is 18.9. The lowest BCUT2D eigenvalue weighted by Gasteiger charge is -2.41. The maximum atomic E-state index is 14.6. The van der Waals surface area contributed by atoms with E-state index >= 15 is 0 Å². The number of anilines is 2. The third-order valence-electron chi connectivity index (χ3n) is 7.15. The Bertz CT molecular complexity index is 1410. The monoisotopic (exact) mass is 485 g/mol. The topological polar surface area (TPSA) is 127 Å². The molecule has 174 valence electrons. The number of thiocarbonyl (C=S) groups is 1. The highest BCUT2D eigenvalue weighted by atomic mass is 32.1. The second-order valence-corrected chi connectivity index (χ2v) is 8.93. The summed E-state index contributed by atoms with van der Waals surface area (Å²) in [5.74, 6) is -1.94. The van der Waals surface area contributed by atoms with Crippen LogP contribution in [0.3, 0.4) is 0 Å². The lowest BCUT2D eigenvalue weighted by atomic mass is 9.54. The molecule has 1 saturated heterocycles. The summed E-state index contributed by atoms with van der Waals surface area (Å²) < 4.78 is 5.08. The number of carbonyl (C=O) groups excluding carboxylic acids is 3. The highest BCUT2D eigenvalue weighted by Crippen LogP contribution is 2.66. The van der Waals surface area contributed by atoms with E-state index in [0.29, 0.717) is 16.9 Å². The van der Waals surface area contributed by atoms with Gasteiger partial charge in [0.15, 0.2) is 11.0 Å². The van der Waals surface area contributed by atoms with Crippen molar-refractivity contribution in [3.05, 3.63) is 59.7 Å². The maximum Gasteiger partial charge on any atom is 0.326 e. The molecule has 0 aromatic heterocycles. The first-order valence-electron chi connectivity index (χ1n) is 10.9. The third kappa shape index (κ3) is 2.30. The molecule has 2 amide bonds. The molecule has 0 saturated carbocycles. The van der Waals surface area contributed by atoms with E-state index in [9.17, 15) is 24.9 Å². The van der Waals surface area contributed by atoms with Crippen LogP contribution in [0, 0.1) is 28.1 Å². The fourth-order valence-electron chi connectivity index (χ4n) is 5.82. The van der Waals surface area contributed by atoms with Crippen LogP contribution in [0.2, 0.25) is 0 Å². The van der Waals surface area contributed by atoms with E-state index in [1.54, 1.807) is 62.5 Å². The van der Waals surface area contributed by atoms with Crippen LogP contribution in [0.15, 0.2) is 48.5 Å². The third-order valence-corrected chi connectivity index (χ3v) is 7.56. The Balaban J connectivity index is 1.92. The molecular formula is C25H19N5O4S. The van der Waals surface area contributed by atoms with Gasteiger partial charge in [0.05, 0.1) is 18.7 Å². The van der Waals surface area contributed by atoms with Gasteiger partial charge in [0.25, 0.3) is 5.91 Å². The van der Waals surface area contributed by atoms with Gasteiger partial charge in [-0.3, -0.25) is 19.3 Å². The number of nitrogens with one attached hydrogen (secondary N) is 1. The lowest BCUT2D eigenvalue weighted by Crippen LogP contribution is -2.65. The number of esters is 1. The van der Waals surface area contributed by atoms with Crippen molar-refractivity contribution in [1.29, 1.82) is 10.5 Å². The van der Waals surface area contributed by atoms with Crippen molar-refractivity contribution < 1.29 is 19.1 Å². The fraction of sp³-hybridized carbons (Fsp3) is 0.280. The maximum absolute atomic E-state index is 14.6. The molecule has 35 heavy (non-hydrogen) atoms. The van der Waals surface area contributed by atoms with Crippen molar-refractivity contribution in [1.82, 2.24) is 5.32 Å². The predicted molar refractivity (Wildman–Crippen MR) is 128 cm³/mol. The summed E-state index contributed by atoms with van der Waals surface area (Å²) in [4.78, 5) is 43.5. The second kappa shape index (κ2) is 7.36. The van der Waals surface area contributed by atoms with Gasteiger partial charge in [0.1, 0.15) is 11.5 Å². The van der Waals surface area contributed by atoms with Crippen LogP contribution in [0.1, 0.15) is 18.1 Å². The number of nitrogens with zero attached hydrogens (tertiary/aromatic N) is 4. The van der Waals surface area contributed by atoms with E-state index in [1.807, 2.05) is 12.1 Å². The van der Waals surface area contributed by atoms with E-state index in [4.69, 9.17) is 17.0 Å². The van der Waals surface area contributed by atoms with Crippen molar-refractivity contribution in [2.24, 2.45) is 5.41 Å². The van der Waals surface area contributed by atoms with E-state index < -0.39 is 40.7 Å². The van der Waals surface area contributed by atoms with Crippen LogP contribution in [0.25, 0.3) is 0 Å². The molecule has 3 aliphatic rings. The number of carbonyl (C=O) groups is 3. The zero-order chi connectivity index (χ0) is 25.2. The number of hydrogen-bond acceptors (Lipinski definition) is 7. The number of hydrogen-bond donors (Lipinski definition) is 1. The molecule has 0 aliphatic carbocycles. The second-order valence-electron chi connectivity index (χ2n) is 8.52. The first kappa shape index (κ1) is 22.5. The summed E-state index contributed by atoms with van der Waals surface area (Å²) >= 11 is 5.55. The molecule has 2 aromatic rings. The summed E-state index contributed by atoms with van der Waals surface area (Å²) in [6.07, 6.45) is 0. The minimum Gasteiger partial charge on any atom is -0.465 e. The highest BCUT2D eigenvalue weighted by molar-refractivity contribution is 7.80. The Morgan fingerprint density at radius 1 is 1.03 bits per heavy atom. The fourth-order valence-corrected chi connectivity index (χ4v) is 6.21. The quantitative estimate of drug-likeness (QED) is 0.514. The molecule has 0 bridgehead atoms. The van der Waals surface area contributed by atoms with Crippen molar-refractivity contribution in [2.45, 2.75) is 17.9 Å². The average molecular weight is 486 g/mol. The Kier molecular flexibility index (Phi) is 4.73. The number of rotatable bonds is 3. The molecule has 10 heteroatoms. The number of nitriles is 2. The molecule has 2 atom stereocenters. The largest absolute Gasteiger partial charge is 0.465 e. The van der Waals surface area contributed by atoms with Crippen LogP contribution in [-0.2, 0) is 30.1 Å². The Hall–Kier alpha value is -4.28. The standard InChI is InChI=1S/C25H19N5O4S/c1-3-34-19(31)12-30-18-11-7-4-8-15(18)24(21(30)32)23(13-26,14-27)20(35)28-25(24)16-9-5-6-10-17(16)29(2)22(25)33/h4-11H,3,12H2,1-2H3,(H,28,35)/t24-,25+/m0/s1. The number of likely N-dealkylation sites (N-methyl/N-ethyl adjacent to an activating group) is 1. The van der Waals surface area contributed by atoms with E-state index in [1.165, 1.54) is 9.80 Å². The number of amides is 2. The SMILES string of the molecule is CCOC(=O)CN1C(=O)[C@@]2(c3ccccc31)C(C#N)(C#N)C(=S)N[C@]21C(=O)N(C)c2ccccc21. The summed E-state index contributed by atoms with van der Waals surface area (Å²) in [5.41, 5.74) is -4.68. The minimum absolute atomic E-state index is 0.111. The van der Waals surface area contributed by atoms with Crippen molar-refractivity contribution >= 4 is 46.4 Å². The molecule has 5 rings (SSSR count). The Morgan fingerprint density at radius 2 is 1.63 bits per heavy atom. The summed E-state index contributed by atoms with van der Waals surface area (Å²) in [6.45, 7) is 1.31. The van der Waals surface area contributed by atoms with Gasteiger partial charge in [-0.25, -0.2) is 0 Å². The van der Waals surface area contributed by atoms with Crippen LogP contribution < -0.4 is 15.1 Å². The molecule has 1 fully saturated rings. The smallest absolute Gasteiger partial charge is 0.326 e. The number of benzene rings is 2. The van der Waals surface area contributed by atoms with Crippen LogP contribution in [0.5, 0.6) is 0 Å². The van der Waals surface area contributed by atoms with Gasteiger partial charge in [-0.2, -0.15) is 10.5 Å². The van der Waals surface area contributed by atoms with Gasteiger partial charge in [-0.1, -0.05) is 48.6 Å². The van der Waals surface area contributed by atoms with Crippen molar-refractivity contribution in [3.63, 3.8) is 0 Å². The number of para-hydroxylation sites is 2. The molecule has 3 heterocycles. The molecule has 1 N–H and O–H groups in total. The van der Waals surface area contributed by atoms with Crippen molar-refractivity contribution in [3.8, 4) is 12.1 Å². The van der Waals surface area contributed by atoms with E-state index in [-0.39, 0.29) is 17.2 Å². The van der Waals surface area contributed by atoms with Gasteiger partial charge in [-0.05, 0) is 24.6 Å². The molecule has 2 aromatic carbocycles. The van der Waals surface area contributed by atoms with Gasteiger partial charge >= 0.3 is 5.97 Å². The van der Waals surface area contributed by atoms with Crippen LogP contribution in [0.4, 0.5) is 11.4 Å².